The van der Waals surface area contributed by atoms with Crippen LogP contribution in [-0.4, -0.2) is 24.1 Å². The van der Waals surface area contributed by atoms with Crippen molar-refractivity contribution in [3.05, 3.63) is 58.1 Å². The van der Waals surface area contributed by atoms with Crippen LogP contribution in [0.25, 0.3) is 0 Å². The third kappa shape index (κ3) is 3.71. The molecule has 25 heavy (non-hydrogen) atoms. The van der Waals surface area contributed by atoms with Gasteiger partial charge in [-0.05, 0) is 37.5 Å². The summed E-state index contributed by atoms with van der Waals surface area (Å²) in [7, 11) is 1.39. The largest absolute Gasteiger partial charge is 0.493 e. The maximum absolute atomic E-state index is 12.5. The van der Waals surface area contributed by atoms with Gasteiger partial charge < -0.3 is 14.2 Å². The topological polar surface area (TPSA) is 87.9 Å². The van der Waals surface area contributed by atoms with Gasteiger partial charge in [0.15, 0.2) is 11.5 Å². The highest BCUT2D eigenvalue weighted by atomic mass is 16.6. The van der Waals surface area contributed by atoms with Gasteiger partial charge in [0.05, 0.1) is 24.2 Å². The number of carbonyl (C=O) groups excluding carboxylic acids is 1. The van der Waals surface area contributed by atoms with E-state index >= 15 is 0 Å². The highest BCUT2D eigenvalue weighted by molar-refractivity contribution is 5.94. The number of carbonyl (C=O) groups is 1. The maximum atomic E-state index is 12.5. The Bertz CT molecular complexity index is 800. The molecule has 0 saturated heterocycles. The Kier molecular flexibility index (Phi) is 4.83. The van der Waals surface area contributed by atoms with Gasteiger partial charge in [-0.25, -0.2) is 4.79 Å². The van der Waals surface area contributed by atoms with E-state index in [0.717, 1.165) is 25.3 Å². The van der Waals surface area contributed by atoms with E-state index in [9.17, 15) is 14.9 Å². The molecular formula is C18H17NO6. The van der Waals surface area contributed by atoms with Crippen molar-refractivity contribution in [3.8, 4) is 17.2 Å². The van der Waals surface area contributed by atoms with Crippen LogP contribution < -0.4 is 14.2 Å². The van der Waals surface area contributed by atoms with Gasteiger partial charge in [0, 0.05) is 6.07 Å². The quantitative estimate of drug-likeness (QED) is 0.343. The van der Waals surface area contributed by atoms with Crippen LogP contribution in [0.3, 0.4) is 0 Å². The van der Waals surface area contributed by atoms with E-state index in [1.807, 2.05) is 0 Å². The van der Waals surface area contributed by atoms with Gasteiger partial charge in [0.1, 0.15) is 11.3 Å². The van der Waals surface area contributed by atoms with Gasteiger partial charge in [-0.3, -0.25) is 10.1 Å². The van der Waals surface area contributed by atoms with E-state index in [1.54, 1.807) is 24.3 Å². The highest BCUT2D eigenvalue weighted by Gasteiger charge is 2.23. The number of nitro groups is 1. The third-order valence-corrected chi connectivity index (χ3v) is 4.01. The molecule has 1 aliphatic rings. The van der Waals surface area contributed by atoms with Crippen molar-refractivity contribution in [2.24, 2.45) is 0 Å². The van der Waals surface area contributed by atoms with E-state index in [4.69, 9.17) is 14.2 Å². The standard InChI is InChI=1S/C18H17NO6/c1-23-16-10-9-12(19(21)22)11-17(16)25-18(20)14-7-2-3-8-15(14)24-13-5-4-6-13/h2-3,7-11,13H,4-6H2,1H3. The van der Waals surface area contributed by atoms with Crippen LogP contribution in [0.15, 0.2) is 42.5 Å². The number of benzene rings is 2. The van der Waals surface area contributed by atoms with Crippen molar-refractivity contribution in [1.29, 1.82) is 0 Å². The van der Waals surface area contributed by atoms with E-state index in [2.05, 4.69) is 0 Å². The number of para-hydroxylation sites is 1. The first-order valence-electron chi connectivity index (χ1n) is 7.89. The zero-order valence-electron chi connectivity index (χ0n) is 13.6. The monoisotopic (exact) mass is 343 g/mol. The molecule has 1 aliphatic carbocycles. The average Bonchev–Trinajstić information content (AvgIpc) is 2.58. The molecule has 0 radical (unpaired) electrons. The lowest BCUT2D eigenvalue weighted by atomic mass is 9.96. The van der Waals surface area contributed by atoms with E-state index in [0.29, 0.717) is 5.75 Å². The SMILES string of the molecule is COc1ccc([N+](=O)[O-])cc1OC(=O)c1ccccc1OC1CCC1. The number of methoxy groups -OCH3 is 1. The molecule has 0 heterocycles. The second-order valence-corrected chi connectivity index (χ2v) is 5.65. The molecule has 0 aromatic heterocycles. The number of ether oxygens (including phenoxy) is 3. The lowest BCUT2D eigenvalue weighted by Gasteiger charge is -2.27. The van der Waals surface area contributed by atoms with Crippen LogP contribution in [0.1, 0.15) is 29.6 Å². The van der Waals surface area contributed by atoms with E-state index in [-0.39, 0.29) is 28.9 Å². The molecule has 0 spiro atoms. The number of non-ortho nitro benzene ring substituents is 1. The van der Waals surface area contributed by atoms with E-state index in [1.165, 1.54) is 19.2 Å². The minimum Gasteiger partial charge on any atom is -0.493 e. The van der Waals surface area contributed by atoms with Crippen molar-refractivity contribution >= 4 is 11.7 Å². The van der Waals surface area contributed by atoms with Crippen LogP contribution in [0.4, 0.5) is 5.69 Å². The molecule has 0 aliphatic heterocycles. The molecular weight excluding hydrogens is 326 g/mol. The van der Waals surface area contributed by atoms with Crippen molar-refractivity contribution in [1.82, 2.24) is 0 Å². The molecule has 0 unspecified atom stereocenters. The number of rotatable bonds is 6. The zero-order chi connectivity index (χ0) is 17.8. The summed E-state index contributed by atoms with van der Waals surface area (Å²) in [4.78, 5) is 22.9. The minimum atomic E-state index is -0.659. The summed E-state index contributed by atoms with van der Waals surface area (Å²) in [6, 6.07) is 10.6. The Balaban J connectivity index is 1.85. The summed E-state index contributed by atoms with van der Waals surface area (Å²) in [5.41, 5.74) is 0.0746. The summed E-state index contributed by atoms with van der Waals surface area (Å²) in [5, 5.41) is 10.9. The molecule has 0 atom stereocenters. The number of nitro benzene ring substituents is 1. The fourth-order valence-corrected chi connectivity index (χ4v) is 2.42. The molecule has 7 heteroatoms. The molecule has 1 saturated carbocycles. The molecule has 130 valence electrons. The first kappa shape index (κ1) is 16.8. The molecule has 0 N–H and O–H groups in total. The molecule has 1 fully saturated rings. The lowest BCUT2D eigenvalue weighted by molar-refractivity contribution is -0.384. The molecule has 0 amide bonds. The second-order valence-electron chi connectivity index (χ2n) is 5.65. The number of hydrogen-bond acceptors (Lipinski definition) is 6. The Morgan fingerprint density at radius 1 is 1.12 bits per heavy atom. The molecule has 2 aromatic rings. The third-order valence-electron chi connectivity index (χ3n) is 4.01. The molecule has 7 nitrogen and oxygen atoms in total. The smallest absolute Gasteiger partial charge is 0.347 e. The summed E-state index contributed by atoms with van der Waals surface area (Å²) in [5.74, 6) is 0.00630. The van der Waals surface area contributed by atoms with Crippen molar-refractivity contribution in [2.45, 2.75) is 25.4 Å². The highest BCUT2D eigenvalue weighted by Crippen LogP contribution is 2.33. The van der Waals surface area contributed by atoms with Crippen molar-refractivity contribution in [3.63, 3.8) is 0 Å². The van der Waals surface area contributed by atoms with Gasteiger partial charge in [-0.1, -0.05) is 12.1 Å². The van der Waals surface area contributed by atoms with Crippen molar-refractivity contribution < 1.29 is 23.9 Å². The van der Waals surface area contributed by atoms with Crippen LogP contribution in [0.2, 0.25) is 0 Å². The van der Waals surface area contributed by atoms with Gasteiger partial charge in [0.25, 0.3) is 5.69 Å². The van der Waals surface area contributed by atoms with Crippen LogP contribution in [-0.2, 0) is 0 Å². The fraction of sp³-hybridized carbons (Fsp3) is 0.278. The van der Waals surface area contributed by atoms with Gasteiger partial charge in [-0.15, -0.1) is 0 Å². The first-order valence-corrected chi connectivity index (χ1v) is 7.89. The Morgan fingerprint density at radius 2 is 1.88 bits per heavy atom. The molecule has 2 aromatic carbocycles. The predicted octanol–water partition coefficient (Wildman–Crippen LogP) is 3.75. The van der Waals surface area contributed by atoms with Gasteiger partial charge >= 0.3 is 5.97 Å². The maximum Gasteiger partial charge on any atom is 0.347 e. The molecule has 0 bridgehead atoms. The second kappa shape index (κ2) is 7.21. The average molecular weight is 343 g/mol. The van der Waals surface area contributed by atoms with Crippen LogP contribution >= 0.6 is 0 Å². The summed E-state index contributed by atoms with van der Waals surface area (Å²) in [6.07, 6.45) is 3.15. The minimum absolute atomic E-state index is 0.0138. The lowest BCUT2D eigenvalue weighted by Crippen LogP contribution is -2.25. The Labute approximate surface area is 144 Å². The summed E-state index contributed by atoms with van der Waals surface area (Å²) < 4.78 is 16.3. The number of hydrogen-bond donors (Lipinski definition) is 0. The van der Waals surface area contributed by atoms with Crippen LogP contribution in [0, 0.1) is 10.1 Å². The van der Waals surface area contributed by atoms with Crippen LogP contribution in [0.5, 0.6) is 17.2 Å². The fourth-order valence-electron chi connectivity index (χ4n) is 2.42. The molecule has 3 rings (SSSR count). The Morgan fingerprint density at radius 3 is 2.52 bits per heavy atom. The predicted molar refractivity (Wildman–Crippen MR) is 89.3 cm³/mol. The number of nitrogens with zero attached hydrogens (tertiary/aromatic N) is 1. The zero-order valence-corrected chi connectivity index (χ0v) is 13.6. The normalized spacial score (nSPS) is 13.6. The van der Waals surface area contributed by atoms with Crippen molar-refractivity contribution in [2.75, 3.05) is 7.11 Å². The first-order chi connectivity index (χ1) is 12.1. The van der Waals surface area contributed by atoms with Gasteiger partial charge in [-0.2, -0.15) is 0 Å². The van der Waals surface area contributed by atoms with Gasteiger partial charge in [0.2, 0.25) is 0 Å². The van der Waals surface area contributed by atoms with E-state index < -0.39 is 10.9 Å². The number of esters is 1. The summed E-state index contributed by atoms with van der Waals surface area (Å²) >= 11 is 0. The Hall–Kier alpha value is -3.09. The summed E-state index contributed by atoms with van der Waals surface area (Å²) in [6.45, 7) is 0.